The van der Waals surface area contributed by atoms with Crippen LogP contribution in [0.5, 0.6) is 0 Å². The van der Waals surface area contributed by atoms with Crippen LogP contribution in [0.1, 0.15) is 73.8 Å². The number of likely N-dealkylation sites (tertiary alicyclic amines) is 1. The van der Waals surface area contributed by atoms with Gasteiger partial charge in [-0.3, -0.25) is 4.79 Å². The van der Waals surface area contributed by atoms with Crippen LogP contribution in [0.2, 0.25) is 0 Å². The van der Waals surface area contributed by atoms with Gasteiger partial charge in [-0.2, -0.15) is 0 Å². The SMILES string of the molecule is Cc1ccc(Cn2cc([C@@H](CC(=O)N3CCCC3)c3ccc(C(C)(C)C)cc3)c3ccccc32)cc1. The number of nitrogens with zero attached hydrogens (tertiary/aromatic N) is 2. The van der Waals surface area contributed by atoms with Gasteiger partial charge in [-0.15, -0.1) is 0 Å². The normalized spacial score (nSPS) is 14.9. The number of rotatable bonds is 6. The number of hydrogen-bond acceptors (Lipinski definition) is 1. The highest BCUT2D eigenvalue weighted by Gasteiger charge is 2.27. The Morgan fingerprint density at radius 1 is 0.889 bits per heavy atom. The summed E-state index contributed by atoms with van der Waals surface area (Å²) in [6, 6.07) is 26.4. The second-order valence-corrected chi connectivity index (χ2v) is 11.4. The molecular formula is C33H38N2O. The first-order chi connectivity index (χ1) is 17.3. The van der Waals surface area contributed by atoms with Crippen LogP contribution >= 0.6 is 0 Å². The zero-order chi connectivity index (χ0) is 25.3. The Morgan fingerprint density at radius 3 is 2.22 bits per heavy atom. The van der Waals surface area contributed by atoms with E-state index in [1.54, 1.807) is 0 Å². The third kappa shape index (κ3) is 5.11. The lowest BCUT2D eigenvalue weighted by Gasteiger charge is -2.23. The molecule has 186 valence electrons. The fourth-order valence-electron chi connectivity index (χ4n) is 5.47. The van der Waals surface area contributed by atoms with Crippen molar-refractivity contribution >= 4 is 16.8 Å². The molecule has 1 aliphatic heterocycles. The zero-order valence-electron chi connectivity index (χ0n) is 22.1. The molecule has 3 nitrogen and oxygen atoms in total. The van der Waals surface area contributed by atoms with Crippen molar-refractivity contribution in [2.45, 2.75) is 64.8 Å². The number of amides is 1. The average Bonchev–Trinajstić information content (AvgIpc) is 3.53. The number of para-hydroxylation sites is 1. The molecule has 0 unspecified atom stereocenters. The summed E-state index contributed by atoms with van der Waals surface area (Å²) in [5, 5.41) is 1.24. The predicted octanol–water partition coefficient (Wildman–Crippen LogP) is 7.44. The molecule has 0 aliphatic carbocycles. The molecule has 1 saturated heterocycles. The molecule has 1 aliphatic rings. The van der Waals surface area contributed by atoms with Gasteiger partial charge in [-0.25, -0.2) is 0 Å². The first-order valence-electron chi connectivity index (χ1n) is 13.3. The van der Waals surface area contributed by atoms with Gasteiger partial charge in [0, 0.05) is 49.1 Å². The van der Waals surface area contributed by atoms with Crippen LogP contribution in [0.25, 0.3) is 10.9 Å². The van der Waals surface area contributed by atoms with Gasteiger partial charge in [0.15, 0.2) is 0 Å². The Bertz CT molecular complexity index is 1330. The molecule has 5 rings (SSSR count). The second-order valence-electron chi connectivity index (χ2n) is 11.4. The van der Waals surface area contributed by atoms with Crippen molar-refractivity contribution in [3.63, 3.8) is 0 Å². The monoisotopic (exact) mass is 478 g/mol. The van der Waals surface area contributed by atoms with E-state index in [1.807, 2.05) is 0 Å². The molecule has 1 aromatic heterocycles. The molecule has 0 bridgehead atoms. The molecule has 4 aromatic rings. The Hall–Kier alpha value is -3.33. The van der Waals surface area contributed by atoms with Gasteiger partial charge in [0.2, 0.25) is 5.91 Å². The molecule has 36 heavy (non-hydrogen) atoms. The van der Waals surface area contributed by atoms with Crippen molar-refractivity contribution < 1.29 is 4.79 Å². The molecule has 1 atom stereocenters. The van der Waals surface area contributed by atoms with Gasteiger partial charge in [0.25, 0.3) is 0 Å². The van der Waals surface area contributed by atoms with Crippen molar-refractivity contribution in [2.75, 3.05) is 13.1 Å². The Balaban J connectivity index is 1.57. The zero-order valence-corrected chi connectivity index (χ0v) is 22.1. The van der Waals surface area contributed by atoms with Crippen LogP contribution in [0.3, 0.4) is 0 Å². The van der Waals surface area contributed by atoms with E-state index in [-0.39, 0.29) is 17.2 Å². The number of carbonyl (C=O) groups is 1. The van der Waals surface area contributed by atoms with Gasteiger partial charge in [0.05, 0.1) is 0 Å². The first kappa shape index (κ1) is 24.4. The molecule has 1 amide bonds. The Kier molecular flexibility index (Phi) is 6.75. The summed E-state index contributed by atoms with van der Waals surface area (Å²) < 4.78 is 2.35. The minimum absolute atomic E-state index is 0.0243. The summed E-state index contributed by atoms with van der Waals surface area (Å²) in [6.45, 7) is 11.5. The van der Waals surface area contributed by atoms with Gasteiger partial charge in [-0.05, 0) is 53.5 Å². The van der Waals surface area contributed by atoms with Crippen LogP contribution in [0.15, 0.2) is 79.0 Å². The van der Waals surface area contributed by atoms with E-state index >= 15 is 0 Å². The fourth-order valence-corrected chi connectivity index (χ4v) is 5.47. The molecule has 0 saturated carbocycles. The third-order valence-corrected chi connectivity index (χ3v) is 7.68. The van der Waals surface area contributed by atoms with Crippen molar-refractivity contribution in [2.24, 2.45) is 0 Å². The van der Waals surface area contributed by atoms with Crippen LogP contribution in [-0.2, 0) is 16.8 Å². The third-order valence-electron chi connectivity index (χ3n) is 7.68. The summed E-state index contributed by atoms with van der Waals surface area (Å²) >= 11 is 0. The number of carbonyl (C=O) groups excluding carboxylic acids is 1. The summed E-state index contributed by atoms with van der Waals surface area (Å²) in [5.74, 6) is 0.295. The van der Waals surface area contributed by atoms with E-state index in [9.17, 15) is 4.79 Å². The number of hydrogen-bond donors (Lipinski definition) is 0. The maximum absolute atomic E-state index is 13.4. The maximum Gasteiger partial charge on any atom is 0.223 e. The van der Waals surface area contributed by atoms with Gasteiger partial charge < -0.3 is 9.47 Å². The number of aryl methyl sites for hydroxylation is 1. The van der Waals surface area contributed by atoms with E-state index in [4.69, 9.17) is 0 Å². The Labute approximate surface area is 215 Å². The molecule has 0 spiro atoms. The lowest BCUT2D eigenvalue weighted by atomic mass is 9.83. The lowest BCUT2D eigenvalue weighted by Crippen LogP contribution is -2.29. The van der Waals surface area contributed by atoms with Crippen molar-refractivity contribution in [3.8, 4) is 0 Å². The first-order valence-corrected chi connectivity index (χ1v) is 13.3. The fraction of sp³-hybridized carbons (Fsp3) is 0.364. The molecule has 0 radical (unpaired) electrons. The number of aromatic nitrogens is 1. The highest BCUT2D eigenvalue weighted by molar-refractivity contribution is 5.87. The van der Waals surface area contributed by atoms with Crippen molar-refractivity contribution in [1.29, 1.82) is 0 Å². The molecular weight excluding hydrogens is 440 g/mol. The Morgan fingerprint density at radius 2 is 1.56 bits per heavy atom. The molecule has 3 heteroatoms. The highest BCUT2D eigenvalue weighted by Crippen LogP contribution is 2.37. The van der Waals surface area contributed by atoms with Crippen LogP contribution in [0.4, 0.5) is 0 Å². The summed E-state index contributed by atoms with van der Waals surface area (Å²) in [4.78, 5) is 15.5. The lowest BCUT2D eigenvalue weighted by molar-refractivity contribution is -0.130. The van der Waals surface area contributed by atoms with Gasteiger partial charge in [-0.1, -0.05) is 93.1 Å². The van der Waals surface area contributed by atoms with Gasteiger partial charge >= 0.3 is 0 Å². The van der Waals surface area contributed by atoms with Gasteiger partial charge in [0.1, 0.15) is 0 Å². The quantitative estimate of drug-likeness (QED) is 0.283. The molecule has 2 heterocycles. The average molecular weight is 479 g/mol. The smallest absolute Gasteiger partial charge is 0.223 e. The minimum Gasteiger partial charge on any atom is -0.343 e. The van der Waals surface area contributed by atoms with Crippen molar-refractivity contribution in [1.82, 2.24) is 9.47 Å². The van der Waals surface area contributed by atoms with E-state index in [2.05, 4.69) is 116 Å². The van der Waals surface area contributed by atoms with E-state index in [1.165, 1.54) is 38.7 Å². The standard InChI is InChI=1S/C33H38N2O/c1-24-11-13-25(14-12-24)22-35-23-30(28-9-5-6-10-31(28)35)29(21-32(36)34-19-7-8-20-34)26-15-17-27(18-16-26)33(2,3)4/h5-6,9-18,23,29H,7-8,19-22H2,1-4H3/t29-/m0/s1. The summed E-state index contributed by atoms with van der Waals surface area (Å²) in [7, 11) is 0. The molecule has 3 aromatic carbocycles. The second kappa shape index (κ2) is 9.97. The van der Waals surface area contributed by atoms with Crippen LogP contribution in [-0.4, -0.2) is 28.5 Å². The van der Waals surface area contributed by atoms with E-state index in [0.29, 0.717) is 6.42 Å². The van der Waals surface area contributed by atoms with Crippen LogP contribution in [0, 0.1) is 6.92 Å². The largest absolute Gasteiger partial charge is 0.343 e. The van der Waals surface area contributed by atoms with E-state index in [0.717, 1.165) is 32.5 Å². The van der Waals surface area contributed by atoms with Crippen LogP contribution < -0.4 is 0 Å². The minimum atomic E-state index is 0.0243. The molecule has 0 N–H and O–H groups in total. The highest BCUT2D eigenvalue weighted by atomic mass is 16.2. The summed E-state index contributed by atoms with van der Waals surface area (Å²) in [6.07, 6.45) is 5.04. The maximum atomic E-state index is 13.4. The number of benzene rings is 3. The molecule has 1 fully saturated rings. The van der Waals surface area contributed by atoms with Crippen molar-refractivity contribution in [3.05, 3.63) is 107 Å². The topological polar surface area (TPSA) is 25.2 Å². The predicted molar refractivity (Wildman–Crippen MR) is 150 cm³/mol. The summed E-state index contributed by atoms with van der Waals surface area (Å²) in [5.41, 5.74) is 7.66. The van der Waals surface area contributed by atoms with E-state index < -0.39 is 0 Å². The number of fused-ring (bicyclic) bond motifs is 1.